The summed E-state index contributed by atoms with van der Waals surface area (Å²) in [6, 6.07) is 28.8. The molecule has 0 spiro atoms. The molecule has 1 aliphatic heterocycles. The number of ether oxygens (including phenoxy) is 1. The fraction of sp³-hybridized carbons (Fsp3) is 0.207. The van der Waals surface area contributed by atoms with Gasteiger partial charge in [-0.25, -0.2) is 0 Å². The van der Waals surface area contributed by atoms with Crippen LogP contribution in [0.2, 0.25) is 0 Å². The summed E-state index contributed by atoms with van der Waals surface area (Å²) in [5.41, 5.74) is 2.76. The minimum atomic E-state index is -1.15. The molecule has 1 aliphatic rings. The molecule has 0 unspecified atom stereocenters. The van der Waals surface area contributed by atoms with Crippen molar-refractivity contribution in [2.24, 2.45) is 0 Å². The number of methoxy groups -OCH3 is 1. The van der Waals surface area contributed by atoms with Gasteiger partial charge < -0.3 is 15.0 Å². The Morgan fingerprint density at radius 1 is 1.00 bits per heavy atom. The zero-order valence-electron chi connectivity index (χ0n) is 20.3. The molecule has 182 valence electrons. The van der Waals surface area contributed by atoms with Crippen molar-refractivity contribution in [1.82, 2.24) is 20.0 Å². The highest BCUT2D eigenvalue weighted by Crippen LogP contribution is 2.31. The molecular weight excluding hydrogens is 452 g/mol. The Morgan fingerprint density at radius 2 is 1.67 bits per heavy atom. The third-order valence-electron chi connectivity index (χ3n) is 6.67. The number of nitrogens with zero attached hydrogens (tertiary/aromatic N) is 3. The molecular formula is C29H28N4O3. The van der Waals surface area contributed by atoms with E-state index in [-0.39, 0.29) is 24.9 Å². The molecule has 1 N–H and O–H groups in total. The highest BCUT2D eigenvalue weighted by atomic mass is 16.5. The monoisotopic (exact) mass is 480 g/mol. The molecule has 0 saturated heterocycles. The fourth-order valence-electron chi connectivity index (χ4n) is 4.62. The molecule has 0 fully saturated rings. The maximum Gasteiger partial charge on any atom is 0.273 e. The standard InChI is InChI=1S/C29H28N4O3/c1-29(28(35)30-18-23-15-9-10-16-26(23)36-2)20-33-25(17-24(31-33)22-13-7-4-8-14-22)27(34)32(29)19-21-11-5-3-6-12-21/h3-17H,18-20H2,1-2H3,(H,30,35)/t29-/m1/s1. The van der Waals surface area contributed by atoms with Crippen LogP contribution in [0.4, 0.5) is 0 Å². The minimum Gasteiger partial charge on any atom is -0.496 e. The first kappa shape index (κ1) is 23.4. The van der Waals surface area contributed by atoms with E-state index < -0.39 is 5.54 Å². The maximum absolute atomic E-state index is 13.8. The van der Waals surface area contributed by atoms with E-state index in [9.17, 15) is 9.59 Å². The fourth-order valence-corrected chi connectivity index (χ4v) is 4.62. The number of benzene rings is 3. The van der Waals surface area contributed by atoms with Crippen LogP contribution < -0.4 is 10.1 Å². The van der Waals surface area contributed by atoms with Gasteiger partial charge in [-0.3, -0.25) is 14.3 Å². The van der Waals surface area contributed by atoms with Crippen molar-refractivity contribution in [2.45, 2.75) is 32.1 Å². The topological polar surface area (TPSA) is 76.5 Å². The van der Waals surface area contributed by atoms with E-state index in [0.29, 0.717) is 23.7 Å². The largest absolute Gasteiger partial charge is 0.496 e. The second kappa shape index (κ2) is 9.70. The van der Waals surface area contributed by atoms with Crippen LogP contribution in [0.3, 0.4) is 0 Å². The van der Waals surface area contributed by atoms with Gasteiger partial charge in [0.2, 0.25) is 5.91 Å². The zero-order valence-corrected chi connectivity index (χ0v) is 20.3. The lowest BCUT2D eigenvalue weighted by Gasteiger charge is -2.43. The number of hydrogen-bond acceptors (Lipinski definition) is 4. The molecule has 7 nitrogen and oxygen atoms in total. The SMILES string of the molecule is COc1ccccc1CNC(=O)[C@@]1(C)Cn2nc(-c3ccccc3)cc2C(=O)N1Cc1ccccc1. The number of carbonyl (C=O) groups excluding carboxylic acids is 2. The predicted molar refractivity (Wildman–Crippen MR) is 137 cm³/mol. The Kier molecular flexibility index (Phi) is 6.29. The van der Waals surface area contributed by atoms with E-state index >= 15 is 0 Å². The molecule has 5 rings (SSSR count). The molecule has 0 saturated carbocycles. The third kappa shape index (κ3) is 4.35. The van der Waals surface area contributed by atoms with Gasteiger partial charge in [0.15, 0.2) is 0 Å². The normalized spacial score (nSPS) is 16.9. The number of fused-ring (bicyclic) bond motifs is 1. The third-order valence-corrected chi connectivity index (χ3v) is 6.67. The number of amides is 2. The first-order valence-electron chi connectivity index (χ1n) is 11.9. The van der Waals surface area contributed by atoms with Gasteiger partial charge in [-0.15, -0.1) is 0 Å². The first-order valence-corrected chi connectivity index (χ1v) is 11.9. The Labute approximate surface area is 210 Å². The summed E-state index contributed by atoms with van der Waals surface area (Å²) < 4.78 is 7.09. The van der Waals surface area contributed by atoms with Gasteiger partial charge in [0.05, 0.1) is 19.3 Å². The van der Waals surface area contributed by atoms with Crippen molar-refractivity contribution < 1.29 is 14.3 Å². The summed E-state index contributed by atoms with van der Waals surface area (Å²) in [6.45, 7) is 2.64. The van der Waals surface area contributed by atoms with Crippen molar-refractivity contribution >= 4 is 11.8 Å². The zero-order chi connectivity index (χ0) is 25.1. The number of hydrogen-bond donors (Lipinski definition) is 1. The van der Waals surface area contributed by atoms with Gasteiger partial charge in [-0.1, -0.05) is 78.9 Å². The Balaban J connectivity index is 1.49. The smallest absolute Gasteiger partial charge is 0.273 e. The molecule has 0 aliphatic carbocycles. The molecule has 2 heterocycles. The molecule has 0 radical (unpaired) electrons. The van der Waals surface area contributed by atoms with Crippen LogP contribution in [0.5, 0.6) is 5.75 Å². The quantitative estimate of drug-likeness (QED) is 0.428. The molecule has 36 heavy (non-hydrogen) atoms. The van der Waals surface area contributed by atoms with Gasteiger partial charge in [0, 0.05) is 24.2 Å². The van der Waals surface area contributed by atoms with Crippen LogP contribution in [-0.4, -0.2) is 39.1 Å². The van der Waals surface area contributed by atoms with Gasteiger partial charge >= 0.3 is 0 Å². The van der Waals surface area contributed by atoms with Crippen LogP contribution >= 0.6 is 0 Å². The van der Waals surface area contributed by atoms with Gasteiger partial charge in [0.25, 0.3) is 5.91 Å². The lowest BCUT2D eigenvalue weighted by Crippen LogP contribution is -2.63. The number of carbonyl (C=O) groups is 2. The summed E-state index contributed by atoms with van der Waals surface area (Å²) in [7, 11) is 1.60. The van der Waals surface area contributed by atoms with Crippen molar-refractivity contribution in [3.63, 3.8) is 0 Å². The summed E-state index contributed by atoms with van der Waals surface area (Å²) in [5, 5.41) is 7.74. The molecule has 2 amide bonds. The lowest BCUT2D eigenvalue weighted by molar-refractivity contribution is -0.133. The van der Waals surface area contributed by atoms with Gasteiger partial charge in [-0.05, 0) is 24.6 Å². The van der Waals surface area contributed by atoms with Crippen LogP contribution in [0, 0.1) is 0 Å². The van der Waals surface area contributed by atoms with E-state index in [1.54, 1.807) is 23.6 Å². The van der Waals surface area contributed by atoms with E-state index in [1.165, 1.54) is 0 Å². The van der Waals surface area contributed by atoms with E-state index in [1.807, 2.05) is 91.0 Å². The van der Waals surface area contributed by atoms with Crippen LogP contribution in [-0.2, 0) is 24.4 Å². The second-order valence-electron chi connectivity index (χ2n) is 9.08. The van der Waals surface area contributed by atoms with Crippen LogP contribution in [0.1, 0.15) is 28.5 Å². The van der Waals surface area contributed by atoms with Crippen molar-refractivity contribution in [3.05, 3.63) is 108 Å². The average molecular weight is 481 g/mol. The Morgan fingerprint density at radius 3 is 2.39 bits per heavy atom. The summed E-state index contributed by atoms with van der Waals surface area (Å²) >= 11 is 0. The summed E-state index contributed by atoms with van der Waals surface area (Å²) in [4.78, 5) is 29.2. The van der Waals surface area contributed by atoms with Crippen LogP contribution in [0.25, 0.3) is 11.3 Å². The van der Waals surface area contributed by atoms with E-state index in [2.05, 4.69) is 5.32 Å². The van der Waals surface area contributed by atoms with E-state index in [4.69, 9.17) is 9.84 Å². The average Bonchev–Trinajstić information content (AvgIpc) is 3.35. The Hall–Kier alpha value is -4.39. The highest BCUT2D eigenvalue weighted by molar-refractivity contribution is 6.00. The second-order valence-corrected chi connectivity index (χ2v) is 9.08. The number of aromatic nitrogens is 2. The molecule has 3 aromatic carbocycles. The van der Waals surface area contributed by atoms with Crippen molar-refractivity contribution in [1.29, 1.82) is 0 Å². The maximum atomic E-state index is 13.8. The minimum absolute atomic E-state index is 0.227. The molecule has 0 bridgehead atoms. The summed E-state index contributed by atoms with van der Waals surface area (Å²) in [6.07, 6.45) is 0. The highest BCUT2D eigenvalue weighted by Gasteiger charge is 2.48. The first-order chi connectivity index (χ1) is 17.5. The van der Waals surface area contributed by atoms with Gasteiger partial charge in [0.1, 0.15) is 17.0 Å². The number of rotatable bonds is 7. The molecule has 1 atom stereocenters. The lowest BCUT2D eigenvalue weighted by atomic mass is 9.94. The predicted octanol–water partition coefficient (Wildman–Crippen LogP) is 4.29. The van der Waals surface area contributed by atoms with Crippen LogP contribution in [0.15, 0.2) is 91.0 Å². The molecule has 7 heteroatoms. The van der Waals surface area contributed by atoms with Gasteiger partial charge in [-0.2, -0.15) is 5.10 Å². The molecule has 4 aromatic rings. The number of para-hydroxylation sites is 1. The number of nitrogens with one attached hydrogen (secondary N) is 1. The Bertz CT molecular complexity index is 1380. The van der Waals surface area contributed by atoms with Crippen molar-refractivity contribution in [2.75, 3.05) is 7.11 Å². The molecule has 1 aromatic heterocycles. The van der Waals surface area contributed by atoms with E-state index in [0.717, 1.165) is 16.7 Å². The summed E-state index contributed by atoms with van der Waals surface area (Å²) in [5.74, 6) is 0.223. The van der Waals surface area contributed by atoms with Crippen molar-refractivity contribution in [3.8, 4) is 17.0 Å².